The Hall–Kier alpha value is -0.903. The third-order valence-corrected chi connectivity index (χ3v) is 11.5. The smallest absolute Gasteiger partial charge is 0.302 e. The van der Waals surface area contributed by atoms with Gasteiger partial charge < -0.3 is 18.6 Å². The first-order valence-corrected chi connectivity index (χ1v) is 16.4. The van der Waals surface area contributed by atoms with Crippen LogP contribution in [-0.4, -0.2) is 40.2 Å². The minimum Gasteiger partial charge on any atom is -0.497 e. The van der Waals surface area contributed by atoms with Gasteiger partial charge in [-0.05, 0) is 65.1 Å². The van der Waals surface area contributed by atoms with Crippen LogP contribution >= 0.6 is 22.6 Å². The molecule has 0 saturated carbocycles. The molecule has 0 bridgehead atoms. The summed E-state index contributed by atoms with van der Waals surface area (Å²) < 4.78 is 25.5. The third-order valence-electron chi connectivity index (χ3n) is 6.57. The summed E-state index contributed by atoms with van der Waals surface area (Å²) in [7, 11) is -0.221. The molecule has 0 unspecified atom stereocenters. The number of ether oxygens (including phenoxy) is 3. The van der Waals surface area contributed by atoms with Crippen LogP contribution in [0.3, 0.4) is 0 Å². The van der Waals surface area contributed by atoms with E-state index < -0.39 is 8.32 Å². The van der Waals surface area contributed by atoms with E-state index in [4.69, 9.17) is 18.6 Å². The molecule has 194 valence electrons. The summed E-state index contributed by atoms with van der Waals surface area (Å²) >= 11 is 2.27. The normalized spacial score (nSPS) is 15.2. The van der Waals surface area contributed by atoms with Crippen molar-refractivity contribution in [3.05, 3.63) is 40.0 Å². The standard InChI is InChI=1S/C27H45IO5Si/c1-21(16-18-28)26(33-34(7,8)27(3,4)5)11-9-10-25(32-22(2)29)17-19-31-20-23-12-14-24(30-6)15-13-23/h12-16,18,21,25-26H,9-11,17,19-20H2,1-8H3/b18-16+/t21-,25+,26+/m1/s1. The average molecular weight is 605 g/mol. The molecule has 0 amide bonds. The molecular weight excluding hydrogens is 559 g/mol. The molecule has 0 aliphatic rings. The second kappa shape index (κ2) is 15.3. The summed E-state index contributed by atoms with van der Waals surface area (Å²) in [5.41, 5.74) is 1.09. The lowest BCUT2D eigenvalue weighted by molar-refractivity contribution is -0.147. The van der Waals surface area contributed by atoms with Crippen LogP contribution in [0.5, 0.6) is 5.75 Å². The minimum absolute atomic E-state index is 0.141. The zero-order valence-corrected chi connectivity index (χ0v) is 25.5. The first-order valence-electron chi connectivity index (χ1n) is 12.2. The molecular formula is C27H45IO5Si. The Morgan fingerprint density at radius 3 is 2.29 bits per heavy atom. The molecule has 7 heteroatoms. The molecule has 0 spiro atoms. The highest BCUT2D eigenvalue weighted by Gasteiger charge is 2.39. The first-order chi connectivity index (χ1) is 15.9. The second-order valence-electron chi connectivity index (χ2n) is 10.4. The molecule has 0 aromatic heterocycles. The summed E-state index contributed by atoms with van der Waals surface area (Å²) in [6.07, 6.45) is 5.62. The van der Waals surface area contributed by atoms with E-state index in [0.717, 1.165) is 30.6 Å². The van der Waals surface area contributed by atoms with E-state index in [1.807, 2.05) is 24.3 Å². The fourth-order valence-corrected chi connectivity index (χ4v) is 5.49. The van der Waals surface area contributed by atoms with Gasteiger partial charge in [0, 0.05) is 13.3 Å². The van der Waals surface area contributed by atoms with Crippen LogP contribution in [0.25, 0.3) is 0 Å². The summed E-state index contributed by atoms with van der Waals surface area (Å²) in [5, 5.41) is 0.167. The summed E-state index contributed by atoms with van der Waals surface area (Å²) in [6, 6.07) is 7.85. The van der Waals surface area contributed by atoms with E-state index in [-0.39, 0.29) is 23.2 Å². The number of halogens is 1. The lowest BCUT2D eigenvalue weighted by atomic mass is 9.98. The number of rotatable bonds is 15. The largest absolute Gasteiger partial charge is 0.497 e. The highest BCUT2D eigenvalue weighted by molar-refractivity contribution is 14.1. The summed E-state index contributed by atoms with van der Waals surface area (Å²) in [6.45, 7) is 16.2. The molecule has 1 aromatic rings. The van der Waals surface area contributed by atoms with Crippen molar-refractivity contribution in [1.82, 2.24) is 0 Å². The van der Waals surface area contributed by atoms with Crippen molar-refractivity contribution in [1.29, 1.82) is 0 Å². The van der Waals surface area contributed by atoms with Crippen molar-refractivity contribution in [2.24, 2.45) is 5.92 Å². The maximum absolute atomic E-state index is 11.7. The number of hydrogen-bond acceptors (Lipinski definition) is 5. The maximum Gasteiger partial charge on any atom is 0.302 e. The molecule has 34 heavy (non-hydrogen) atoms. The highest BCUT2D eigenvalue weighted by Crippen LogP contribution is 2.39. The van der Waals surface area contributed by atoms with Gasteiger partial charge in [-0.15, -0.1) is 0 Å². The van der Waals surface area contributed by atoms with Crippen molar-refractivity contribution in [2.75, 3.05) is 13.7 Å². The number of carbonyl (C=O) groups is 1. The van der Waals surface area contributed by atoms with Crippen molar-refractivity contribution in [3.8, 4) is 5.75 Å². The number of carbonyl (C=O) groups excluding carboxylic acids is 1. The van der Waals surface area contributed by atoms with Gasteiger partial charge in [0.1, 0.15) is 11.9 Å². The Morgan fingerprint density at radius 1 is 1.12 bits per heavy atom. The number of hydrogen-bond donors (Lipinski definition) is 0. The average Bonchev–Trinajstić information content (AvgIpc) is 2.75. The van der Waals surface area contributed by atoms with Gasteiger partial charge in [0.05, 0.1) is 26.4 Å². The van der Waals surface area contributed by atoms with Crippen molar-refractivity contribution < 1.29 is 23.4 Å². The maximum atomic E-state index is 11.7. The molecule has 5 nitrogen and oxygen atoms in total. The van der Waals surface area contributed by atoms with Gasteiger partial charge >= 0.3 is 5.97 Å². The third kappa shape index (κ3) is 11.7. The van der Waals surface area contributed by atoms with Gasteiger partial charge in [-0.3, -0.25) is 4.79 Å². The van der Waals surface area contributed by atoms with Crippen LogP contribution in [0.4, 0.5) is 0 Å². The number of benzene rings is 1. The van der Waals surface area contributed by atoms with E-state index in [9.17, 15) is 4.79 Å². The van der Waals surface area contributed by atoms with E-state index >= 15 is 0 Å². The van der Waals surface area contributed by atoms with E-state index in [2.05, 4.69) is 73.5 Å². The summed E-state index contributed by atoms with van der Waals surface area (Å²) in [4.78, 5) is 11.7. The van der Waals surface area contributed by atoms with Crippen LogP contribution in [0, 0.1) is 5.92 Å². The molecule has 0 saturated heterocycles. The van der Waals surface area contributed by atoms with Crippen LogP contribution in [0.1, 0.15) is 65.9 Å². The predicted molar refractivity (Wildman–Crippen MR) is 151 cm³/mol. The quantitative estimate of drug-likeness (QED) is 0.0890. The van der Waals surface area contributed by atoms with E-state index in [1.165, 1.54) is 6.92 Å². The monoisotopic (exact) mass is 604 g/mol. The SMILES string of the molecule is COc1ccc(COCC[C@H](CCC[C@H](O[Si](C)(C)C(C)(C)C)[C@H](C)/C=C/I)OC(C)=O)cc1. The van der Waals surface area contributed by atoms with Gasteiger partial charge in [0.2, 0.25) is 0 Å². The van der Waals surface area contributed by atoms with Gasteiger partial charge in [0.25, 0.3) is 0 Å². The Labute approximate surface area is 222 Å². The predicted octanol–water partition coefficient (Wildman–Crippen LogP) is 7.68. The topological polar surface area (TPSA) is 54.0 Å². The molecule has 3 atom stereocenters. The Bertz CT molecular complexity index is 742. The van der Waals surface area contributed by atoms with Crippen molar-refractivity contribution in [3.63, 3.8) is 0 Å². The van der Waals surface area contributed by atoms with Crippen molar-refractivity contribution in [2.45, 2.75) is 97.2 Å². The Kier molecular flexibility index (Phi) is 14.0. The Morgan fingerprint density at radius 2 is 1.76 bits per heavy atom. The lowest BCUT2D eigenvalue weighted by Crippen LogP contribution is -2.45. The molecule has 1 aromatic carbocycles. The fraction of sp³-hybridized carbons (Fsp3) is 0.667. The number of methoxy groups -OCH3 is 1. The fourth-order valence-electron chi connectivity index (χ4n) is 3.39. The van der Waals surface area contributed by atoms with Gasteiger partial charge in [-0.2, -0.15) is 0 Å². The second-order valence-corrected chi connectivity index (χ2v) is 15.9. The van der Waals surface area contributed by atoms with Crippen LogP contribution < -0.4 is 4.74 Å². The van der Waals surface area contributed by atoms with Crippen molar-refractivity contribution >= 4 is 36.9 Å². The Balaban J connectivity index is 2.61. The molecule has 0 fully saturated rings. The molecule has 0 aliphatic heterocycles. The lowest BCUT2D eigenvalue weighted by Gasteiger charge is -2.40. The van der Waals surface area contributed by atoms with E-state index in [0.29, 0.717) is 25.6 Å². The van der Waals surface area contributed by atoms with Gasteiger partial charge in [-0.25, -0.2) is 0 Å². The van der Waals surface area contributed by atoms with Crippen LogP contribution in [0.15, 0.2) is 34.4 Å². The zero-order chi connectivity index (χ0) is 25.8. The molecule has 1 rings (SSSR count). The molecule has 0 heterocycles. The minimum atomic E-state index is -1.88. The van der Waals surface area contributed by atoms with Crippen LogP contribution in [-0.2, 0) is 25.3 Å². The number of esters is 1. The van der Waals surface area contributed by atoms with Gasteiger partial charge in [0.15, 0.2) is 8.32 Å². The summed E-state index contributed by atoms with van der Waals surface area (Å²) in [5.74, 6) is 0.930. The zero-order valence-electron chi connectivity index (χ0n) is 22.4. The molecule has 0 radical (unpaired) electrons. The molecule has 0 aliphatic carbocycles. The molecule has 0 N–H and O–H groups in total. The highest BCUT2D eigenvalue weighted by atomic mass is 127. The van der Waals surface area contributed by atoms with Crippen LogP contribution in [0.2, 0.25) is 18.1 Å². The van der Waals surface area contributed by atoms with E-state index in [1.54, 1.807) is 7.11 Å². The first kappa shape index (κ1) is 31.1. The van der Waals surface area contributed by atoms with Gasteiger partial charge in [-0.1, -0.05) is 68.5 Å².